The van der Waals surface area contributed by atoms with E-state index < -0.39 is 29.5 Å². The van der Waals surface area contributed by atoms with Gasteiger partial charge in [-0.1, -0.05) is 0 Å². The van der Waals surface area contributed by atoms with Crippen LogP contribution in [-0.2, 0) is 20.2 Å². The van der Waals surface area contributed by atoms with Crippen LogP contribution >= 0.6 is 11.3 Å². The average molecular weight is 293 g/mol. The number of benzene rings is 1. The van der Waals surface area contributed by atoms with Crippen LogP contribution in [0.2, 0.25) is 0 Å². The Labute approximate surface area is 100 Å². The van der Waals surface area contributed by atoms with E-state index in [1.165, 1.54) is 6.07 Å². The van der Waals surface area contributed by atoms with Crippen LogP contribution < -0.4 is 0 Å². The Balaban J connectivity index is 2.73. The third kappa shape index (κ3) is 2.45. The molecule has 0 saturated heterocycles. The summed E-state index contributed by atoms with van der Waals surface area (Å²) in [4.78, 5) is 2.95. The largest absolute Gasteiger partial charge is 0.744 e. The number of hydrogen-bond acceptors (Lipinski definition) is 8. The highest BCUT2D eigenvalue weighted by Gasteiger charge is 2.11. The van der Waals surface area contributed by atoms with E-state index in [0.29, 0.717) is 16.0 Å². The lowest BCUT2D eigenvalue weighted by molar-refractivity contribution is 0.461. The minimum Gasteiger partial charge on any atom is -0.744 e. The molecule has 2 aromatic rings. The minimum absolute atomic E-state index is 0.0126. The molecule has 0 aliphatic heterocycles. The van der Waals surface area contributed by atoms with Crippen molar-refractivity contribution in [2.75, 3.05) is 0 Å². The molecule has 1 aromatic carbocycles. The molecule has 0 saturated carbocycles. The van der Waals surface area contributed by atoms with Crippen LogP contribution in [0.3, 0.4) is 0 Å². The zero-order valence-corrected chi connectivity index (χ0v) is 10.3. The molecule has 92 valence electrons. The van der Waals surface area contributed by atoms with Gasteiger partial charge in [0.15, 0.2) is 14.5 Å². The van der Waals surface area contributed by atoms with Crippen molar-refractivity contribution in [2.24, 2.45) is 0 Å². The van der Waals surface area contributed by atoms with Gasteiger partial charge in [0.25, 0.3) is 0 Å². The number of aromatic nitrogens is 1. The summed E-state index contributed by atoms with van der Waals surface area (Å²) < 4.78 is 63.9. The van der Waals surface area contributed by atoms with Crippen molar-refractivity contribution in [3.63, 3.8) is 0 Å². The van der Waals surface area contributed by atoms with E-state index in [0.717, 1.165) is 12.1 Å². The molecule has 0 fully saturated rings. The maximum absolute atomic E-state index is 10.7. The first-order valence-corrected chi connectivity index (χ1v) is 7.63. The normalized spacial score (nSPS) is 13.1. The Kier molecular flexibility index (Phi) is 2.71. The first-order chi connectivity index (χ1) is 7.68. The molecule has 1 aromatic heterocycles. The molecule has 2 rings (SSSR count). The summed E-state index contributed by atoms with van der Waals surface area (Å²) in [5.74, 6) is 0. The molecule has 0 aliphatic rings. The van der Waals surface area contributed by atoms with Gasteiger partial charge < -0.3 is 9.11 Å². The molecule has 0 radical (unpaired) electrons. The quantitative estimate of drug-likeness (QED) is 0.718. The summed E-state index contributed by atoms with van der Waals surface area (Å²) >= 11 is 0.615. The molecule has 0 unspecified atom stereocenters. The lowest BCUT2D eigenvalue weighted by Gasteiger charge is -2.05. The van der Waals surface area contributed by atoms with Crippen molar-refractivity contribution in [1.29, 1.82) is 0 Å². The molecule has 0 N–H and O–H groups in total. The number of nitrogens with zero attached hydrogens (tertiary/aromatic N) is 1. The minimum atomic E-state index is -4.68. The zero-order valence-electron chi connectivity index (χ0n) is 7.85. The number of rotatable bonds is 2. The van der Waals surface area contributed by atoms with Crippen molar-refractivity contribution >= 4 is 41.8 Å². The fourth-order valence-electron chi connectivity index (χ4n) is 1.15. The Morgan fingerprint density at radius 2 is 1.71 bits per heavy atom. The Morgan fingerprint density at radius 1 is 1.06 bits per heavy atom. The van der Waals surface area contributed by atoms with Gasteiger partial charge in [0.1, 0.15) is 10.1 Å². The van der Waals surface area contributed by atoms with E-state index in [1.807, 2.05) is 0 Å². The van der Waals surface area contributed by atoms with E-state index in [2.05, 4.69) is 4.98 Å². The highest BCUT2D eigenvalue weighted by molar-refractivity contribution is 7.88. The van der Waals surface area contributed by atoms with E-state index in [-0.39, 0.29) is 5.52 Å². The Bertz CT molecular complexity index is 758. The third-order valence-corrected chi connectivity index (χ3v) is 4.89. The third-order valence-electron chi connectivity index (χ3n) is 1.84. The zero-order chi connectivity index (χ0) is 12.8. The molecule has 0 bridgehead atoms. The molecule has 1 heterocycles. The van der Waals surface area contributed by atoms with Crippen LogP contribution in [0.1, 0.15) is 0 Å². The van der Waals surface area contributed by atoms with Gasteiger partial charge >= 0.3 is 0 Å². The van der Waals surface area contributed by atoms with Crippen LogP contribution in [0.25, 0.3) is 10.2 Å². The van der Waals surface area contributed by atoms with E-state index in [4.69, 9.17) is 0 Å². The number of thiazole rings is 1. The predicted octanol–water partition coefficient (Wildman–Crippen LogP) is 0.105. The molecule has 7 nitrogen and oxygen atoms in total. The summed E-state index contributed by atoms with van der Waals surface area (Å²) in [6.45, 7) is 0. The maximum Gasteiger partial charge on any atom is 0.197 e. The molecule has 0 aliphatic carbocycles. The molecular formula is C7H3NO6S3-2. The van der Waals surface area contributed by atoms with Crippen LogP contribution in [-0.4, -0.2) is 30.9 Å². The van der Waals surface area contributed by atoms with Crippen LogP contribution in [0.5, 0.6) is 0 Å². The topological polar surface area (TPSA) is 127 Å². The summed E-state index contributed by atoms with van der Waals surface area (Å²) in [7, 11) is -9.32. The van der Waals surface area contributed by atoms with E-state index in [1.54, 1.807) is 0 Å². The van der Waals surface area contributed by atoms with Crippen molar-refractivity contribution < 1.29 is 25.9 Å². The lowest BCUT2D eigenvalue weighted by Crippen LogP contribution is -1.98. The van der Waals surface area contributed by atoms with Crippen molar-refractivity contribution in [3.05, 3.63) is 18.2 Å². The monoisotopic (exact) mass is 293 g/mol. The first-order valence-electron chi connectivity index (χ1n) is 4.00. The van der Waals surface area contributed by atoms with E-state index in [9.17, 15) is 25.9 Å². The fraction of sp³-hybridized carbons (Fsp3) is 0. The SMILES string of the molecule is O=S(=O)([O-])c1ccc2sc(S(=O)(=O)[O-])nc2c1. The molecular weight excluding hydrogens is 290 g/mol. The van der Waals surface area contributed by atoms with E-state index >= 15 is 0 Å². The first kappa shape index (κ1) is 12.4. The molecule has 0 amide bonds. The van der Waals surface area contributed by atoms with Crippen molar-refractivity contribution in [2.45, 2.75) is 9.24 Å². The standard InChI is InChI=1S/C7H5NO6S3/c9-16(10,11)4-1-2-6-5(3-4)8-7(15-6)17(12,13)14/h1-3H,(H,9,10,11)(H,12,13,14)/p-2. The van der Waals surface area contributed by atoms with Crippen molar-refractivity contribution in [1.82, 2.24) is 4.98 Å². The average Bonchev–Trinajstić information content (AvgIpc) is 2.57. The van der Waals surface area contributed by atoms with Gasteiger partial charge in [0.2, 0.25) is 0 Å². The van der Waals surface area contributed by atoms with Gasteiger partial charge in [0, 0.05) is 0 Å². The molecule has 0 spiro atoms. The van der Waals surface area contributed by atoms with Crippen LogP contribution in [0.4, 0.5) is 0 Å². The second-order valence-electron chi connectivity index (χ2n) is 3.02. The van der Waals surface area contributed by atoms with Gasteiger partial charge in [-0.2, -0.15) is 0 Å². The predicted molar refractivity (Wildman–Crippen MR) is 55.5 cm³/mol. The number of fused-ring (bicyclic) bond motifs is 1. The maximum atomic E-state index is 10.7. The van der Waals surface area contributed by atoms with Gasteiger partial charge in [-0.15, -0.1) is 11.3 Å². The molecule has 17 heavy (non-hydrogen) atoms. The lowest BCUT2D eigenvalue weighted by atomic mass is 10.3. The van der Waals surface area contributed by atoms with Gasteiger partial charge in [-0.3, -0.25) is 0 Å². The van der Waals surface area contributed by atoms with Crippen molar-refractivity contribution in [3.8, 4) is 0 Å². The van der Waals surface area contributed by atoms with Gasteiger partial charge in [-0.25, -0.2) is 21.8 Å². The molecule has 0 atom stereocenters. The highest BCUT2D eigenvalue weighted by Crippen LogP contribution is 2.27. The highest BCUT2D eigenvalue weighted by atomic mass is 32.3. The second-order valence-corrected chi connectivity index (χ2v) is 6.98. The van der Waals surface area contributed by atoms with Gasteiger partial charge in [0.05, 0.1) is 15.1 Å². The van der Waals surface area contributed by atoms with Crippen LogP contribution in [0.15, 0.2) is 27.4 Å². The number of hydrogen-bond donors (Lipinski definition) is 0. The fourth-order valence-corrected chi connectivity index (χ4v) is 3.20. The van der Waals surface area contributed by atoms with Gasteiger partial charge in [-0.05, 0) is 18.2 Å². The summed E-state index contributed by atoms with van der Waals surface area (Å²) in [6.07, 6.45) is 0. The van der Waals surface area contributed by atoms with Crippen LogP contribution in [0, 0.1) is 0 Å². The Hall–Kier alpha value is -1.07. The Morgan fingerprint density at radius 3 is 2.24 bits per heavy atom. The summed E-state index contributed by atoms with van der Waals surface area (Å²) in [5.41, 5.74) is -0.0126. The smallest absolute Gasteiger partial charge is 0.197 e. The summed E-state index contributed by atoms with van der Waals surface area (Å²) in [5, 5.41) is 0. The summed E-state index contributed by atoms with van der Waals surface area (Å²) in [6, 6.07) is 3.19. The second kappa shape index (κ2) is 3.71. The molecule has 10 heteroatoms.